The summed E-state index contributed by atoms with van der Waals surface area (Å²) in [7, 11) is 0. The predicted molar refractivity (Wildman–Crippen MR) is 82.6 cm³/mol. The first-order valence-electron chi connectivity index (χ1n) is 7.74. The molecule has 7 heteroatoms. The third-order valence-corrected chi connectivity index (χ3v) is 3.70. The van der Waals surface area contributed by atoms with Crippen molar-refractivity contribution >= 4 is 17.8 Å². The van der Waals surface area contributed by atoms with Crippen LogP contribution in [-0.2, 0) is 14.3 Å². The number of rotatable bonds is 5. The normalized spacial score (nSPS) is 14.5. The van der Waals surface area contributed by atoms with Crippen LogP contribution in [0.4, 0.5) is 0 Å². The van der Waals surface area contributed by atoms with E-state index in [2.05, 4.69) is 4.98 Å². The molecule has 1 aromatic rings. The second kappa shape index (κ2) is 8.26. The lowest BCUT2D eigenvalue weighted by Crippen LogP contribution is -2.50. The third-order valence-electron chi connectivity index (χ3n) is 3.70. The van der Waals surface area contributed by atoms with Gasteiger partial charge in [-0.25, -0.2) is 0 Å². The molecule has 0 aromatic carbocycles. The summed E-state index contributed by atoms with van der Waals surface area (Å²) in [5.41, 5.74) is 0.599. The Bertz CT molecular complexity index is 554. The minimum Gasteiger partial charge on any atom is -0.466 e. The van der Waals surface area contributed by atoms with E-state index in [0.717, 1.165) is 0 Å². The van der Waals surface area contributed by atoms with Crippen LogP contribution in [-0.4, -0.2) is 65.4 Å². The van der Waals surface area contributed by atoms with E-state index in [-0.39, 0.29) is 30.6 Å². The fraction of sp³-hybridized carbons (Fsp3) is 0.500. The maximum atomic E-state index is 12.3. The SMILES string of the molecule is CCOC(=O)CCC(=O)N1CCN(C(=O)c2ccncc2)CC1. The predicted octanol–water partition coefficient (Wildman–Crippen LogP) is 0.709. The molecule has 0 atom stereocenters. The first kappa shape index (κ1) is 16.9. The molecule has 0 bridgehead atoms. The van der Waals surface area contributed by atoms with Gasteiger partial charge in [0.2, 0.25) is 5.91 Å². The van der Waals surface area contributed by atoms with Crippen LogP contribution in [0, 0.1) is 0 Å². The number of hydrogen-bond acceptors (Lipinski definition) is 5. The molecule has 0 aliphatic carbocycles. The highest BCUT2D eigenvalue weighted by molar-refractivity contribution is 5.94. The zero-order valence-electron chi connectivity index (χ0n) is 13.2. The van der Waals surface area contributed by atoms with Gasteiger partial charge in [-0.2, -0.15) is 0 Å². The van der Waals surface area contributed by atoms with E-state index in [1.54, 1.807) is 41.2 Å². The standard InChI is InChI=1S/C16H21N3O4/c1-2-23-15(21)4-3-14(20)18-9-11-19(12-10-18)16(22)13-5-7-17-8-6-13/h5-8H,2-4,9-12H2,1H3. The largest absolute Gasteiger partial charge is 0.466 e. The maximum absolute atomic E-state index is 12.3. The van der Waals surface area contributed by atoms with Crippen LogP contribution in [0.15, 0.2) is 24.5 Å². The summed E-state index contributed by atoms with van der Waals surface area (Å²) in [5, 5.41) is 0. The number of carbonyl (C=O) groups is 3. The number of esters is 1. The van der Waals surface area contributed by atoms with E-state index >= 15 is 0 Å². The molecule has 0 N–H and O–H groups in total. The number of pyridine rings is 1. The van der Waals surface area contributed by atoms with Crippen molar-refractivity contribution in [3.05, 3.63) is 30.1 Å². The molecule has 1 fully saturated rings. The van der Waals surface area contributed by atoms with Crippen molar-refractivity contribution in [3.8, 4) is 0 Å². The summed E-state index contributed by atoms with van der Waals surface area (Å²) >= 11 is 0. The number of carbonyl (C=O) groups excluding carboxylic acids is 3. The second-order valence-electron chi connectivity index (χ2n) is 5.21. The minimum atomic E-state index is -0.354. The van der Waals surface area contributed by atoms with E-state index < -0.39 is 0 Å². The molecule has 1 saturated heterocycles. The lowest BCUT2D eigenvalue weighted by molar-refractivity contribution is -0.146. The highest BCUT2D eigenvalue weighted by Crippen LogP contribution is 2.10. The van der Waals surface area contributed by atoms with Crippen LogP contribution < -0.4 is 0 Å². The third kappa shape index (κ3) is 4.77. The van der Waals surface area contributed by atoms with Gasteiger partial charge >= 0.3 is 5.97 Å². The molecule has 0 unspecified atom stereocenters. The second-order valence-corrected chi connectivity index (χ2v) is 5.21. The molecule has 1 aliphatic heterocycles. The van der Waals surface area contributed by atoms with Crippen molar-refractivity contribution in [2.75, 3.05) is 32.8 Å². The van der Waals surface area contributed by atoms with Crippen molar-refractivity contribution in [2.45, 2.75) is 19.8 Å². The van der Waals surface area contributed by atoms with E-state index in [1.807, 2.05) is 0 Å². The monoisotopic (exact) mass is 319 g/mol. The highest BCUT2D eigenvalue weighted by Gasteiger charge is 2.25. The Morgan fingerprint density at radius 3 is 2.26 bits per heavy atom. The molecule has 7 nitrogen and oxygen atoms in total. The van der Waals surface area contributed by atoms with Crippen LogP contribution in [0.5, 0.6) is 0 Å². The number of amides is 2. The molecular formula is C16H21N3O4. The zero-order chi connectivity index (χ0) is 16.7. The summed E-state index contributed by atoms with van der Waals surface area (Å²) in [5.74, 6) is -0.479. The smallest absolute Gasteiger partial charge is 0.306 e. The summed E-state index contributed by atoms with van der Waals surface area (Å²) in [6, 6.07) is 3.36. The van der Waals surface area contributed by atoms with Crippen molar-refractivity contribution < 1.29 is 19.1 Å². The van der Waals surface area contributed by atoms with Gasteiger partial charge in [0.25, 0.3) is 5.91 Å². The van der Waals surface area contributed by atoms with Crippen molar-refractivity contribution in [1.82, 2.24) is 14.8 Å². The van der Waals surface area contributed by atoms with Gasteiger partial charge in [-0.3, -0.25) is 19.4 Å². The van der Waals surface area contributed by atoms with E-state index in [9.17, 15) is 14.4 Å². The molecule has 1 aliphatic rings. The van der Waals surface area contributed by atoms with Gasteiger partial charge in [0, 0.05) is 50.6 Å². The number of nitrogens with zero attached hydrogens (tertiary/aromatic N) is 3. The van der Waals surface area contributed by atoms with Crippen LogP contribution >= 0.6 is 0 Å². The molecule has 0 spiro atoms. The molecule has 2 heterocycles. The first-order valence-corrected chi connectivity index (χ1v) is 7.74. The Balaban J connectivity index is 1.78. The van der Waals surface area contributed by atoms with Gasteiger partial charge in [0.1, 0.15) is 0 Å². The van der Waals surface area contributed by atoms with Gasteiger partial charge in [0.05, 0.1) is 13.0 Å². The van der Waals surface area contributed by atoms with E-state index in [4.69, 9.17) is 4.74 Å². The van der Waals surface area contributed by atoms with Gasteiger partial charge in [-0.1, -0.05) is 0 Å². The molecule has 23 heavy (non-hydrogen) atoms. The Morgan fingerprint density at radius 2 is 1.65 bits per heavy atom. The fourth-order valence-corrected chi connectivity index (χ4v) is 2.44. The van der Waals surface area contributed by atoms with E-state index in [0.29, 0.717) is 38.3 Å². The minimum absolute atomic E-state index is 0.0500. The lowest BCUT2D eigenvalue weighted by Gasteiger charge is -2.34. The zero-order valence-corrected chi connectivity index (χ0v) is 13.2. The molecule has 2 amide bonds. The topological polar surface area (TPSA) is 79.8 Å². The van der Waals surface area contributed by atoms with Crippen molar-refractivity contribution in [2.24, 2.45) is 0 Å². The molecular weight excluding hydrogens is 298 g/mol. The number of ether oxygens (including phenoxy) is 1. The maximum Gasteiger partial charge on any atom is 0.306 e. The van der Waals surface area contributed by atoms with Gasteiger partial charge in [-0.05, 0) is 19.1 Å². The Hall–Kier alpha value is -2.44. The van der Waals surface area contributed by atoms with E-state index in [1.165, 1.54) is 0 Å². The number of aromatic nitrogens is 1. The summed E-state index contributed by atoms with van der Waals surface area (Å²) < 4.78 is 4.81. The van der Waals surface area contributed by atoms with Crippen LogP contribution in [0.3, 0.4) is 0 Å². The van der Waals surface area contributed by atoms with Crippen molar-refractivity contribution in [1.29, 1.82) is 0 Å². The quantitative estimate of drug-likeness (QED) is 0.747. The summed E-state index contributed by atoms with van der Waals surface area (Å²) in [6.45, 7) is 4.01. The number of piperazine rings is 1. The molecule has 1 aromatic heterocycles. The Morgan fingerprint density at radius 1 is 1.04 bits per heavy atom. The van der Waals surface area contributed by atoms with Crippen LogP contribution in [0.1, 0.15) is 30.1 Å². The highest BCUT2D eigenvalue weighted by atomic mass is 16.5. The summed E-state index contributed by atoms with van der Waals surface area (Å²) in [4.78, 5) is 42.9. The fourth-order valence-electron chi connectivity index (χ4n) is 2.44. The van der Waals surface area contributed by atoms with Gasteiger partial charge in [-0.15, -0.1) is 0 Å². The molecule has 2 rings (SSSR count). The molecule has 0 radical (unpaired) electrons. The summed E-state index contributed by atoms with van der Waals surface area (Å²) in [6.07, 6.45) is 3.42. The van der Waals surface area contributed by atoms with Crippen molar-refractivity contribution in [3.63, 3.8) is 0 Å². The first-order chi connectivity index (χ1) is 11.1. The van der Waals surface area contributed by atoms with Gasteiger partial charge < -0.3 is 14.5 Å². The average Bonchev–Trinajstić information content (AvgIpc) is 2.60. The Kier molecular flexibility index (Phi) is 6.08. The molecule has 0 saturated carbocycles. The van der Waals surface area contributed by atoms with Crippen LogP contribution in [0.2, 0.25) is 0 Å². The van der Waals surface area contributed by atoms with Gasteiger partial charge in [0.15, 0.2) is 0 Å². The van der Waals surface area contributed by atoms with Crippen LogP contribution in [0.25, 0.3) is 0 Å². The molecule has 124 valence electrons. The average molecular weight is 319 g/mol. The lowest BCUT2D eigenvalue weighted by atomic mass is 10.2. The Labute approximate surface area is 135 Å². The number of hydrogen-bond donors (Lipinski definition) is 0.